The van der Waals surface area contributed by atoms with Crippen molar-refractivity contribution in [2.24, 2.45) is 0 Å². The van der Waals surface area contributed by atoms with Gasteiger partial charge in [-0.1, -0.05) is 6.07 Å². The van der Waals surface area contributed by atoms with Gasteiger partial charge in [0, 0.05) is 29.3 Å². The molecule has 1 unspecified atom stereocenters. The van der Waals surface area contributed by atoms with Crippen molar-refractivity contribution in [2.75, 3.05) is 12.3 Å². The van der Waals surface area contributed by atoms with E-state index in [1.54, 1.807) is 24.5 Å². The van der Waals surface area contributed by atoms with Gasteiger partial charge in [0.15, 0.2) is 0 Å². The lowest BCUT2D eigenvalue weighted by atomic mass is 10.1. The number of nitrogens with two attached hydrogens (primary N) is 1. The van der Waals surface area contributed by atoms with Gasteiger partial charge >= 0.3 is 0 Å². The zero-order valence-corrected chi connectivity index (χ0v) is 14.2. The summed E-state index contributed by atoms with van der Waals surface area (Å²) in [4.78, 5) is 20.5. The quantitative estimate of drug-likeness (QED) is 0.747. The number of nitrogen functional groups attached to an aromatic ring is 1. The smallest absolute Gasteiger partial charge is 0.251 e. The minimum Gasteiger partial charge on any atom is -0.491 e. The molecular weight excluding hydrogens is 316 g/mol. The third-order valence-electron chi connectivity index (χ3n) is 3.76. The van der Waals surface area contributed by atoms with E-state index in [1.807, 2.05) is 38.1 Å². The van der Waals surface area contributed by atoms with Crippen LogP contribution in [-0.2, 0) is 0 Å². The predicted octanol–water partition coefficient (Wildman–Crippen LogP) is 2.72. The number of anilines is 1. The van der Waals surface area contributed by atoms with Gasteiger partial charge in [0.05, 0.1) is 16.9 Å². The zero-order chi connectivity index (χ0) is 17.8. The van der Waals surface area contributed by atoms with E-state index in [9.17, 15) is 4.79 Å². The molecule has 0 aliphatic heterocycles. The molecule has 0 radical (unpaired) electrons. The van der Waals surface area contributed by atoms with Crippen LogP contribution >= 0.6 is 0 Å². The third-order valence-corrected chi connectivity index (χ3v) is 3.76. The van der Waals surface area contributed by atoms with Crippen LogP contribution in [0.15, 0.2) is 48.8 Å². The molecule has 2 aromatic heterocycles. The summed E-state index contributed by atoms with van der Waals surface area (Å²) in [5, 5.41) is 3.69. The lowest BCUT2D eigenvalue weighted by Gasteiger charge is -2.16. The van der Waals surface area contributed by atoms with Gasteiger partial charge in [-0.3, -0.25) is 14.8 Å². The molecule has 6 nitrogen and oxygen atoms in total. The van der Waals surface area contributed by atoms with Gasteiger partial charge in [-0.05, 0) is 44.2 Å². The Morgan fingerprint density at radius 2 is 2.04 bits per heavy atom. The first kappa shape index (κ1) is 16.7. The van der Waals surface area contributed by atoms with Gasteiger partial charge in [0.25, 0.3) is 5.91 Å². The highest BCUT2D eigenvalue weighted by molar-refractivity contribution is 5.95. The highest BCUT2D eigenvalue weighted by Gasteiger charge is 2.12. The molecule has 1 amide bonds. The molecular formula is C19H20N4O2. The molecule has 3 rings (SSSR count). The monoisotopic (exact) mass is 336 g/mol. The average Bonchev–Trinajstić information content (AvgIpc) is 2.60. The van der Waals surface area contributed by atoms with Crippen LogP contribution in [0.25, 0.3) is 10.9 Å². The standard InChI is InChI=1S/C19H20N4O2/c1-12-10-15(20)18-16(22-12)4-3-5-17(18)25-11-13(2)23-19(24)14-6-8-21-9-7-14/h3-10,13H,11H2,1-2H3,(H2,20,22)(H,23,24). The first-order valence-corrected chi connectivity index (χ1v) is 8.04. The van der Waals surface area contributed by atoms with Crippen molar-refractivity contribution in [2.45, 2.75) is 19.9 Å². The van der Waals surface area contributed by atoms with Crippen molar-refractivity contribution in [3.05, 3.63) is 60.0 Å². The van der Waals surface area contributed by atoms with Crippen molar-refractivity contribution in [1.82, 2.24) is 15.3 Å². The van der Waals surface area contributed by atoms with Crippen molar-refractivity contribution in [3.8, 4) is 5.75 Å². The van der Waals surface area contributed by atoms with E-state index in [2.05, 4.69) is 15.3 Å². The summed E-state index contributed by atoms with van der Waals surface area (Å²) >= 11 is 0. The number of fused-ring (bicyclic) bond motifs is 1. The number of ether oxygens (including phenoxy) is 1. The molecule has 0 saturated carbocycles. The number of hydrogen-bond donors (Lipinski definition) is 2. The Hall–Kier alpha value is -3.15. The molecule has 1 aromatic carbocycles. The number of nitrogens with zero attached hydrogens (tertiary/aromatic N) is 2. The maximum Gasteiger partial charge on any atom is 0.251 e. The Kier molecular flexibility index (Phi) is 4.79. The molecule has 6 heteroatoms. The topological polar surface area (TPSA) is 90.1 Å². The zero-order valence-electron chi connectivity index (χ0n) is 14.2. The fourth-order valence-corrected chi connectivity index (χ4v) is 2.61. The number of pyridine rings is 2. The predicted molar refractivity (Wildman–Crippen MR) is 97.6 cm³/mol. The molecule has 0 spiro atoms. The first-order chi connectivity index (χ1) is 12.0. The number of rotatable bonds is 5. The molecule has 0 fully saturated rings. The number of carbonyl (C=O) groups is 1. The molecule has 0 saturated heterocycles. The molecule has 2 heterocycles. The first-order valence-electron chi connectivity index (χ1n) is 8.04. The van der Waals surface area contributed by atoms with E-state index >= 15 is 0 Å². The van der Waals surface area contributed by atoms with Gasteiger partial charge in [0.1, 0.15) is 12.4 Å². The number of aryl methyl sites for hydroxylation is 1. The third kappa shape index (κ3) is 3.85. The summed E-state index contributed by atoms with van der Waals surface area (Å²) in [5.41, 5.74) is 8.98. The summed E-state index contributed by atoms with van der Waals surface area (Å²) < 4.78 is 5.89. The lowest BCUT2D eigenvalue weighted by molar-refractivity contribution is 0.0927. The van der Waals surface area contributed by atoms with E-state index in [1.165, 1.54) is 0 Å². The molecule has 1 atom stereocenters. The Balaban J connectivity index is 1.69. The highest BCUT2D eigenvalue weighted by atomic mass is 16.5. The minimum atomic E-state index is -0.171. The molecule has 0 aliphatic carbocycles. The fraction of sp³-hybridized carbons (Fsp3) is 0.211. The summed E-state index contributed by atoms with van der Waals surface area (Å²) in [5.74, 6) is 0.501. The molecule has 0 bridgehead atoms. The number of amides is 1. The van der Waals surface area contributed by atoms with Gasteiger partial charge < -0.3 is 15.8 Å². The van der Waals surface area contributed by atoms with Crippen LogP contribution in [0.4, 0.5) is 5.69 Å². The van der Waals surface area contributed by atoms with Gasteiger partial charge in [-0.25, -0.2) is 0 Å². The Morgan fingerprint density at radius 3 is 2.80 bits per heavy atom. The summed E-state index contributed by atoms with van der Waals surface area (Å²) in [6.07, 6.45) is 3.17. The van der Waals surface area contributed by atoms with Crippen LogP contribution in [0.2, 0.25) is 0 Å². The average molecular weight is 336 g/mol. The Labute approximate surface area is 146 Å². The Morgan fingerprint density at radius 1 is 1.28 bits per heavy atom. The van der Waals surface area contributed by atoms with Crippen LogP contribution in [0.5, 0.6) is 5.75 Å². The lowest BCUT2D eigenvalue weighted by Crippen LogP contribution is -2.36. The second-order valence-corrected chi connectivity index (χ2v) is 5.92. The van der Waals surface area contributed by atoms with Crippen molar-refractivity contribution < 1.29 is 9.53 Å². The maximum atomic E-state index is 12.1. The van der Waals surface area contributed by atoms with Crippen molar-refractivity contribution in [3.63, 3.8) is 0 Å². The molecule has 3 N–H and O–H groups in total. The van der Waals surface area contributed by atoms with Crippen molar-refractivity contribution in [1.29, 1.82) is 0 Å². The largest absolute Gasteiger partial charge is 0.491 e. The van der Waals surface area contributed by atoms with E-state index in [0.717, 1.165) is 16.6 Å². The molecule has 0 aliphatic rings. The van der Waals surface area contributed by atoms with E-state index < -0.39 is 0 Å². The summed E-state index contributed by atoms with van der Waals surface area (Å²) in [6, 6.07) is 10.6. The maximum absolute atomic E-state index is 12.1. The normalized spacial score (nSPS) is 11.9. The fourth-order valence-electron chi connectivity index (χ4n) is 2.61. The van der Waals surface area contributed by atoms with Crippen LogP contribution in [0, 0.1) is 6.92 Å². The van der Waals surface area contributed by atoms with E-state index in [0.29, 0.717) is 23.6 Å². The van der Waals surface area contributed by atoms with E-state index in [4.69, 9.17) is 10.5 Å². The van der Waals surface area contributed by atoms with Crippen LogP contribution in [0.1, 0.15) is 23.0 Å². The highest BCUT2D eigenvalue weighted by Crippen LogP contribution is 2.30. The second-order valence-electron chi connectivity index (χ2n) is 5.92. The molecule has 25 heavy (non-hydrogen) atoms. The van der Waals surface area contributed by atoms with E-state index in [-0.39, 0.29) is 11.9 Å². The van der Waals surface area contributed by atoms with Crippen molar-refractivity contribution >= 4 is 22.5 Å². The van der Waals surface area contributed by atoms with Gasteiger partial charge in [-0.15, -0.1) is 0 Å². The van der Waals surface area contributed by atoms with Gasteiger partial charge in [0.2, 0.25) is 0 Å². The number of nitrogens with one attached hydrogen (secondary N) is 1. The Bertz CT molecular complexity index is 897. The summed E-state index contributed by atoms with van der Waals surface area (Å²) in [6.45, 7) is 4.11. The number of aromatic nitrogens is 2. The minimum absolute atomic E-state index is 0.159. The van der Waals surface area contributed by atoms with Crippen LogP contribution in [-0.4, -0.2) is 28.5 Å². The number of benzene rings is 1. The number of carbonyl (C=O) groups excluding carboxylic acids is 1. The summed E-state index contributed by atoms with van der Waals surface area (Å²) in [7, 11) is 0. The van der Waals surface area contributed by atoms with Gasteiger partial charge in [-0.2, -0.15) is 0 Å². The SMILES string of the molecule is Cc1cc(N)c2c(OCC(C)NC(=O)c3ccncc3)cccc2n1. The number of hydrogen-bond acceptors (Lipinski definition) is 5. The molecule has 3 aromatic rings. The second kappa shape index (κ2) is 7.17. The molecule has 128 valence electrons. The van der Waals surface area contributed by atoms with Crippen LogP contribution in [0.3, 0.4) is 0 Å². The van der Waals surface area contributed by atoms with Crippen LogP contribution < -0.4 is 15.8 Å².